The predicted molar refractivity (Wildman–Crippen MR) is 93.6 cm³/mol. The molecule has 3 rings (SSSR count). The standard InChI is InChI=1S/C17H26N6O2/c1-12-14(16(25-3)22(2)21-12)10-19-17(24)18-8-7-13-11-23-9-5-4-6-15(23)20-13/h11H,4-10H2,1-3H3,(H2,18,19,24). The number of hydrogen-bond donors (Lipinski definition) is 2. The van der Waals surface area contributed by atoms with Crippen LogP contribution in [0.2, 0.25) is 0 Å². The molecule has 2 amide bonds. The third-order valence-electron chi connectivity index (χ3n) is 4.53. The molecular weight excluding hydrogens is 320 g/mol. The number of methoxy groups -OCH3 is 1. The van der Waals surface area contributed by atoms with Gasteiger partial charge in [-0.25, -0.2) is 14.5 Å². The van der Waals surface area contributed by atoms with E-state index in [-0.39, 0.29) is 6.03 Å². The number of urea groups is 1. The van der Waals surface area contributed by atoms with Crippen LogP contribution in [-0.2, 0) is 33.0 Å². The number of imidazole rings is 1. The van der Waals surface area contributed by atoms with Crippen LogP contribution in [0.4, 0.5) is 4.79 Å². The number of carbonyl (C=O) groups is 1. The van der Waals surface area contributed by atoms with Crippen molar-refractivity contribution in [1.82, 2.24) is 30.0 Å². The zero-order valence-electron chi connectivity index (χ0n) is 15.1. The van der Waals surface area contributed by atoms with Crippen LogP contribution in [0, 0.1) is 6.92 Å². The third-order valence-corrected chi connectivity index (χ3v) is 4.53. The molecule has 0 fully saturated rings. The number of aryl methyl sites for hydroxylation is 4. The first-order valence-corrected chi connectivity index (χ1v) is 8.71. The van der Waals surface area contributed by atoms with E-state index in [1.165, 1.54) is 18.7 Å². The molecule has 0 saturated heterocycles. The van der Waals surface area contributed by atoms with E-state index >= 15 is 0 Å². The number of nitrogens with one attached hydrogen (secondary N) is 2. The van der Waals surface area contributed by atoms with E-state index in [9.17, 15) is 4.79 Å². The maximum absolute atomic E-state index is 12.0. The van der Waals surface area contributed by atoms with Gasteiger partial charge in [-0.1, -0.05) is 0 Å². The van der Waals surface area contributed by atoms with Gasteiger partial charge < -0.3 is 19.9 Å². The molecule has 3 heterocycles. The van der Waals surface area contributed by atoms with Crippen LogP contribution in [0.5, 0.6) is 5.88 Å². The van der Waals surface area contributed by atoms with Gasteiger partial charge in [-0.2, -0.15) is 5.10 Å². The number of nitrogens with zero attached hydrogens (tertiary/aromatic N) is 4. The van der Waals surface area contributed by atoms with Crippen molar-refractivity contribution in [2.75, 3.05) is 13.7 Å². The maximum atomic E-state index is 12.0. The summed E-state index contributed by atoms with van der Waals surface area (Å²) >= 11 is 0. The molecular formula is C17H26N6O2. The van der Waals surface area contributed by atoms with E-state index in [0.717, 1.165) is 36.3 Å². The highest BCUT2D eigenvalue weighted by Crippen LogP contribution is 2.20. The summed E-state index contributed by atoms with van der Waals surface area (Å²) in [6, 6.07) is -0.200. The van der Waals surface area contributed by atoms with E-state index in [4.69, 9.17) is 4.74 Å². The van der Waals surface area contributed by atoms with Gasteiger partial charge in [0.05, 0.1) is 30.6 Å². The average Bonchev–Trinajstić information content (AvgIpc) is 3.12. The molecule has 2 N–H and O–H groups in total. The second kappa shape index (κ2) is 7.58. The minimum absolute atomic E-state index is 0.200. The fraction of sp³-hybridized carbons (Fsp3) is 0.588. The Morgan fingerprint density at radius 3 is 2.96 bits per heavy atom. The van der Waals surface area contributed by atoms with Crippen LogP contribution >= 0.6 is 0 Å². The summed E-state index contributed by atoms with van der Waals surface area (Å²) in [4.78, 5) is 16.6. The summed E-state index contributed by atoms with van der Waals surface area (Å²) < 4.78 is 9.23. The summed E-state index contributed by atoms with van der Waals surface area (Å²) in [6.07, 6.45) is 6.34. The topological polar surface area (TPSA) is 86.0 Å². The van der Waals surface area contributed by atoms with Crippen molar-refractivity contribution >= 4 is 6.03 Å². The normalized spacial score (nSPS) is 13.4. The molecule has 2 aromatic heterocycles. The Morgan fingerprint density at radius 1 is 1.36 bits per heavy atom. The molecule has 0 unspecified atom stereocenters. The third kappa shape index (κ3) is 3.94. The number of rotatable bonds is 6. The molecule has 0 atom stereocenters. The minimum Gasteiger partial charge on any atom is -0.481 e. The maximum Gasteiger partial charge on any atom is 0.315 e. The van der Waals surface area contributed by atoms with Crippen LogP contribution in [0.15, 0.2) is 6.20 Å². The first kappa shape index (κ1) is 17.3. The lowest BCUT2D eigenvalue weighted by atomic mass is 10.2. The van der Waals surface area contributed by atoms with Crippen molar-refractivity contribution in [3.8, 4) is 5.88 Å². The molecule has 136 valence electrons. The number of aromatic nitrogens is 4. The second-order valence-corrected chi connectivity index (χ2v) is 6.36. The quantitative estimate of drug-likeness (QED) is 0.826. The minimum atomic E-state index is -0.200. The highest BCUT2D eigenvalue weighted by Gasteiger charge is 2.15. The predicted octanol–water partition coefficient (Wildman–Crippen LogP) is 1.31. The van der Waals surface area contributed by atoms with Gasteiger partial charge >= 0.3 is 6.03 Å². The Bertz CT molecular complexity index is 725. The van der Waals surface area contributed by atoms with Gasteiger partial charge in [0.1, 0.15) is 5.82 Å². The molecule has 0 aliphatic carbocycles. The van der Waals surface area contributed by atoms with Crippen molar-refractivity contribution in [1.29, 1.82) is 0 Å². The van der Waals surface area contributed by atoms with E-state index in [2.05, 4.69) is 31.5 Å². The molecule has 25 heavy (non-hydrogen) atoms. The van der Waals surface area contributed by atoms with E-state index < -0.39 is 0 Å². The molecule has 0 aromatic carbocycles. The molecule has 8 heteroatoms. The first-order chi connectivity index (χ1) is 12.1. The van der Waals surface area contributed by atoms with Crippen molar-refractivity contribution in [2.24, 2.45) is 7.05 Å². The van der Waals surface area contributed by atoms with Crippen LogP contribution < -0.4 is 15.4 Å². The molecule has 0 spiro atoms. The summed E-state index contributed by atoms with van der Waals surface area (Å²) in [5.74, 6) is 1.84. The van der Waals surface area contributed by atoms with Gasteiger partial charge in [0.2, 0.25) is 5.88 Å². The number of amides is 2. The van der Waals surface area contributed by atoms with Gasteiger partial charge in [-0.15, -0.1) is 0 Å². The summed E-state index contributed by atoms with van der Waals surface area (Å²) in [7, 11) is 3.42. The second-order valence-electron chi connectivity index (χ2n) is 6.36. The smallest absolute Gasteiger partial charge is 0.315 e. The van der Waals surface area contributed by atoms with E-state index in [0.29, 0.717) is 19.0 Å². The Morgan fingerprint density at radius 2 is 2.20 bits per heavy atom. The Hall–Kier alpha value is -2.51. The van der Waals surface area contributed by atoms with Crippen molar-refractivity contribution in [2.45, 2.75) is 45.7 Å². The molecule has 2 aromatic rings. The van der Waals surface area contributed by atoms with Crippen LogP contribution in [0.3, 0.4) is 0 Å². The molecule has 1 aliphatic heterocycles. The summed E-state index contributed by atoms with van der Waals surface area (Å²) in [5, 5.41) is 10.0. The highest BCUT2D eigenvalue weighted by molar-refractivity contribution is 5.73. The van der Waals surface area contributed by atoms with Crippen molar-refractivity contribution in [3.05, 3.63) is 29.0 Å². The molecule has 8 nitrogen and oxygen atoms in total. The number of carbonyl (C=O) groups excluding carboxylic acids is 1. The SMILES string of the molecule is COc1c(CNC(=O)NCCc2cn3c(n2)CCCC3)c(C)nn1C. The van der Waals surface area contributed by atoms with Crippen LogP contribution in [0.25, 0.3) is 0 Å². The zero-order valence-corrected chi connectivity index (χ0v) is 15.1. The fourth-order valence-corrected chi connectivity index (χ4v) is 3.27. The van der Waals surface area contributed by atoms with E-state index in [1.807, 2.05) is 14.0 Å². The molecule has 0 bridgehead atoms. The zero-order chi connectivity index (χ0) is 17.8. The molecule has 0 saturated carbocycles. The average molecular weight is 346 g/mol. The van der Waals surface area contributed by atoms with Gasteiger partial charge in [-0.05, 0) is 19.8 Å². The lowest BCUT2D eigenvalue weighted by Crippen LogP contribution is -2.36. The number of hydrogen-bond acceptors (Lipinski definition) is 4. The van der Waals surface area contributed by atoms with Gasteiger partial charge in [0.25, 0.3) is 0 Å². The van der Waals surface area contributed by atoms with Crippen LogP contribution in [-0.4, -0.2) is 39.0 Å². The van der Waals surface area contributed by atoms with Gasteiger partial charge in [-0.3, -0.25) is 0 Å². The summed E-state index contributed by atoms with van der Waals surface area (Å²) in [5.41, 5.74) is 2.78. The van der Waals surface area contributed by atoms with Gasteiger partial charge in [0, 0.05) is 39.2 Å². The Labute approximate surface area is 147 Å². The van der Waals surface area contributed by atoms with Crippen molar-refractivity contribution in [3.63, 3.8) is 0 Å². The first-order valence-electron chi connectivity index (χ1n) is 8.71. The number of fused-ring (bicyclic) bond motifs is 1. The van der Waals surface area contributed by atoms with Gasteiger partial charge in [0.15, 0.2) is 0 Å². The monoisotopic (exact) mass is 346 g/mol. The number of ether oxygens (including phenoxy) is 1. The Kier molecular flexibility index (Phi) is 5.25. The Balaban J connectivity index is 1.45. The lowest BCUT2D eigenvalue weighted by molar-refractivity contribution is 0.240. The van der Waals surface area contributed by atoms with E-state index in [1.54, 1.807) is 11.8 Å². The highest BCUT2D eigenvalue weighted by atomic mass is 16.5. The lowest BCUT2D eigenvalue weighted by Gasteiger charge is -2.11. The fourth-order valence-electron chi connectivity index (χ4n) is 3.27. The summed E-state index contributed by atoms with van der Waals surface area (Å²) in [6.45, 7) is 3.90. The molecule has 1 aliphatic rings. The van der Waals surface area contributed by atoms with Crippen molar-refractivity contribution < 1.29 is 9.53 Å². The van der Waals surface area contributed by atoms with Crippen LogP contribution in [0.1, 0.15) is 35.6 Å². The molecule has 0 radical (unpaired) electrons. The largest absolute Gasteiger partial charge is 0.481 e.